The second-order valence-electron chi connectivity index (χ2n) is 6.02. The summed E-state index contributed by atoms with van der Waals surface area (Å²) in [7, 11) is 0. The molecule has 0 bridgehead atoms. The van der Waals surface area contributed by atoms with E-state index in [-0.39, 0.29) is 0 Å². The average molecular weight is 362 g/mol. The summed E-state index contributed by atoms with van der Waals surface area (Å²) in [5, 5.41) is 4.20. The topological polar surface area (TPSA) is 30.5 Å². The van der Waals surface area contributed by atoms with Gasteiger partial charge >= 0.3 is 0 Å². The van der Waals surface area contributed by atoms with Crippen LogP contribution in [0.15, 0.2) is 48.5 Å². The highest BCUT2D eigenvalue weighted by molar-refractivity contribution is 6.30. The molecule has 0 heterocycles. The number of halogens is 1. The predicted molar refractivity (Wildman–Crippen MR) is 104 cm³/mol. The molecule has 136 valence electrons. The van der Waals surface area contributed by atoms with Crippen molar-refractivity contribution in [1.82, 2.24) is 5.32 Å². The van der Waals surface area contributed by atoms with Gasteiger partial charge < -0.3 is 14.8 Å². The molecule has 0 amide bonds. The van der Waals surface area contributed by atoms with Gasteiger partial charge in [0.15, 0.2) is 0 Å². The van der Waals surface area contributed by atoms with Gasteiger partial charge in [-0.2, -0.15) is 0 Å². The summed E-state index contributed by atoms with van der Waals surface area (Å²) >= 11 is 5.91. The molecule has 0 atom stereocenters. The third kappa shape index (κ3) is 7.91. The molecule has 0 saturated carbocycles. The number of nitrogens with one attached hydrogen (secondary N) is 1. The Hall–Kier alpha value is -1.55. The zero-order valence-corrected chi connectivity index (χ0v) is 15.7. The molecule has 2 aromatic carbocycles. The summed E-state index contributed by atoms with van der Waals surface area (Å²) in [6.45, 7) is 6.15. The van der Waals surface area contributed by atoms with Gasteiger partial charge in [-0.1, -0.05) is 55.3 Å². The molecule has 1 N–H and O–H groups in total. The number of unbranched alkanes of at least 4 members (excludes halogenated alkanes) is 1. The lowest BCUT2D eigenvalue weighted by Gasteiger charge is -2.12. The number of benzene rings is 2. The smallest absolute Gasteiger partial charge is 0.124 e. The maximum absolute atomic E-state index is 5.98. The monoisotopic (exact) mass is 361 g/mol. The number of ether oxygens (including phenoxy) is 2. The predicted octanol–water partition coefficient (Wildman–Crippen LogP) is 5.22. The van der Waals surface area contributed by atoms with Crippen molar-refractivity contribution in [3.8, 4) is 5.75 Å². The van der Waals surface area contributed by atoms with E-state index in [1.54, 1.807) is 0 Å². The molecular formula is C21H28ClNO2. The second kappa shape index (κ2) is 11.9. The maximum Gasteiger partial charge on any atom is 0.124 e. The molecule has 0 radical (unpaired) electrons. The second-order valence-corrected chi connectivity index (χ2v) is 6.46. The molecule has 3 nitrogen and oxygen atoms in total. The van der Waals surface area contributed by atoms with E-state index in [9.17, 15) is 0 Å². The standard InChI is InChI=1S/C21H28ClNO2/c1-2-3-14-24-15-6-13-23-16-19-7-4-5-8-21(19)25-17-18-9-11-20(22)12-10-18/h4-5,7-12,23H,2-3,6,13-17H2,1H3. The van der Waals surface area contributed by atoms with Gasteiger partial charge in [-0.25, -0.2) is 0 Å². The van der Waals surface area contributed by atoms with Crippen LogP contribution in [0.4, 0.5) is 0 Å². The van der Waals surface area contributed by atoms with Crippen molar-refractivity contribution < 1.29 is 9.47 Å². The van der Waals surface area contributed by atoms with E-state index < -0.39 is 0 Å². The number of para-hydroxylation sites is 1. The molecule has 4 heteroatoms. The minimum Gasteiger partial charge on any atom is -0.489 e. The van der Waals surface area contributed by atoms with Crippen molar-refractivity contribution in [3.63, 3.8) is 0 Å². The SMILES string of the molecule is CCCCOCCCNCc1ccccc1OCc1ccc(Cl)cc1. The molecular weight excluding hydrogens is 334 g/mol. The first kappa shape index (κ1) is 19.8. The summed E-state index contributed by atoms with van der Waals surface area (Å²) in [6, 6.07) is 15.9. The van der Waals surface area contributed by atoms with E-state index >= 15 is 0 Å². The third-order valence-electron chi connectivity index (χ3n) is 3.88. The molecule has 0 aliphatic heterocycles. The fourth-order valence-corrected chi connectivity index (χ4v) is 2.53. The van der Waals surface area contributed by atoms with Crippen LogP contribution >= 0.6 is 11.6 Å². The van der Waals surface area contributed by atoms with Crippen LogP contribution in [0.1, 0.15) is 37.3 Å². The molecule has 0 aromatic heterocycles. The molecule has 2 aromatic rings. The summed E-state index contributed by atoms with van der Waals surface area (Å²) in [5.41, 5.74) is 2.28. The Bertz CT molecular complexity index is 601. The molecule has 25 heavy (non-hydrogen) atoms. The van der Waals surface area contributed by atoms with Crippen LogP contribution in [0.2, 0.25) is 5.02 Å². The van der Waals surface area contributed by atoms with Gasteiger partial charge in [-0.05, 0) is 43.1 Å². The van der Waals surface area contributed by atoms with Crippen LogP contribution in [0.25, 0.3) is 0 Å². The molecule has 0 saturated heterocycles. The molecule has 2 rings (SSSR count). The van der Waals surface area contributed by atoms with E-state index in [1.165, 1.54) is 12.0 Å². The van der Waals surface area contributed by atoms with Gasteiger partial charge in [0, 0.05) is 30.3 Å². The molecule has 0 unspecified atom stereocenters. The van der Waals surface area contributed by atoms with Crippen LogP contribution in [0.5, 0.6) is 5.75 Å². The lowest BCUT2D eigenvalue weighted by atomic mass is 10.2. The van der Waals surface area contributed by atoms with Crippen LogP contribution in [0, 0.1) is 0 Å². The lowest BCUT2D eigenvalue weighted by Crippen LogP contribution is -2.17. The molecule has 0 aliphatic rings. The van der Waals surface area contributed by atoms with Crippen molar-refractivity contribution in [3.05, 3.63) is 64.7 Å². The normalized spacial score (nSPS) is 10.8. The number of hydrogen-bond acceptors (Lipinski definition) is 3. The fraction of sp³-hybridized carbons (Fsp3) is 0.429. The molecule has 0 spiro atoms. The van der Waals surface area contributed by atoms with Crippen LogP contribution in [-0.2, 0) is 17.9 Å². The van der Waals surface area contributed by atoms with Crippen LogP contribution in [0.3, 0.4) is 0 Å². The highest BCUT2D eigenvalue weighted by Gasteiger charge is 2.03. The first-order chi connectivity index (χ1) is 12.3. The van der Waals surface area contributed by atoms with Crippen molar-refractivity contribution in [2.24, 2.45) is 0 Å². The Morgan fingerprint density at radius 2 is 1.72 bits per heavy atom. The highest BCUT2D eigenvalue weighted by Crippen LogP contribution is 2.19. The number of hydrogen-bond donors (Lipinski definition) is 1. The van der Waals surface area contributed by atoms with Crippen molar-refractivity contribution in [2.45, 2.75) is 39.3 Å². The summed E-state index contributed by atoms with van der Waals surface area (Å²) in [4.78, 5) is 0. The largest absolute Gasteiger partial charge is 0.489 e. The van der Waals surface area contributed by atoms with E-state index in [0.717, 1.165) is 55.5 Å². The summed E-state index contributed by atoms with van der Waals surface area (Å²) in [6.07, 6.45) is 3.36. The Morgan fingerprint density at radius 1 is 0.960 bits per heavy atom. The Kier molecular flexibility index (Phi) is 9.42. The first-order valence-corrected chi connectivity index (χ1v) is 9.41. The van der Waals surface area contributed by atoms with Gasteiger partial charge in [-0.3, -0.25) is 0 Å². The Labute approximate surface area is 156 Å². The van der Waals surface area contributed by atoms with Gasteiger partial charge in [0.05, 0.1) is 0 Å². The summed E-state index contributed by atoms with van der Waals surface area (Å²) in [5.74, 6) is 0.921. The molecule has 0 aliphatic carbocycles. The van der Waals surface area contributed by atoms with E-state index in [1.807, 2.05) is 42.5 Å². The fourth-order valence-electron chi connectivity index (χ4n) is 2.40. The van der Waals surface area contributed by atoms with Crippen molar-refractivity contribution in [1.29, 1.82) is 0 Å². The van der Waals surface area contributed by atoms with Gasteiger partial charge in [0.1, 0.15) is 12.4 Å². The quantitative estimate of drug-likeness (QED) is 0.526. The van der Waals surface area contributed by atoms with E-state index in [4.69, 9.17) is 21.1 Å². The van der Waals surface area contributed by atoms with Gasteiger partial charge in [-0.15, -0.1) is 0 Å². The van der Waals surface area contributed by atoms with E-state index in [0.29, 0.717) is 6.61 Å². The van der Waals surface area contributed by atoms with Crippen molar-refractivity contribution >= 4 is 11.6 Å². The third-order valence-corrected chi connectivity index (χ3v) is 4.13. The molecule has 0 fully saturated rings. The zero-order chi connectivity index (χ0) is 17.7. The lowest BCUT2D eigenvalue weighted by molar-refractivity contribution is 0.128. The minimum atomic E-state index is 0.541. The van der Waals surface area contributed by atoms with Crippen LogP contribution in [-0.4, -0.2) is 19.8 Å². The highest BCUT2D eigenvalue weighted by atomic mass is 35.5. The van der Waals surface area contributed by atoms with Crippen molar-refractivity contribution in [2.75, 3.05) is 19.8 Å². The number of rotatable bonds is 12. The first-order valence-electron chi connectivity index (χ1n) is 9.03. The van der Waals surface area contributed by atoms with E-state index in [2.05, 4.69) is 18.3 Å². The van der Waals surface area contributed by atoms with Gasteiger partial charge in [0.2, 0.25) is 0 Å². The maximum atomic E-state index is 5.98. The summed E-state index contributed by atoms with van der Waals surface area (Å²) < 4.78 is 11.5. The zero-order valence-electron chi connectivity index (χ0n) is 15.0. The van der Waals surface area contributed by atoms with Crippen LogP contribution < -0.4 is 10.1 Å². The average Bonchev–Trinajstić information content (AvgIpc) is 2.64. The minimum absolute atomic E-state index is 0.541. The Balaban J connectivity index is 1.71. The van der Waals surface area contributed by atoms with Gasteiger partial charge in [0.25, 0.3) is 0 Å². The Morgan fingerprint density at radius 3 is 2.52 bits per heavy atom.